The van der Waals surface area contributed by atoms with Gasteiger partial charge in [0, 0.05) is 30.0 Å². The molecular formula is C20H26N2O2S. The maximum Gasteiger partial charge on any atom is 0.410 e. The highest BCUT2D eigenvalue weighted by Gasteiger charge is 2.28. The second-order valence-electron chi connectivity index (χ2n) is 7.68. The summed E-state index contributed by atoms with van der Waals surface area (Å²) in [5.74, 6) is 0.433. The monoisotopic (exact) mass is 358 g/mol. The van der Waals surface area contributed by atoms with E-state index in [1.165, 1.54) is 16.1 Å². The van der Waals surface area contributed by atoms with E-state index in [9.17, 15) is 4.79 Å². The molecule has 1 saturated heterocycles. The summed E-state index contributed by atoms with van der Waals surface area (Å²) in [7, 11) is 0. The molecule has 0 radical (unpaired) electrons. The number of piperidine rings is 1. The second kappa shape index (κ2) is 7.16. The lowest BCUT2D eigenvalue weighted by atomic mass is 9.98. The number of ether oxygens (including phenoxy) is 1. The molecule has 1 aliphatic heterocycles. The minimum Gasteiger partial charge on any atom is -0.444 e. The molecule has 1 aliphatic rings. The van der Waals surface area contributed by atoms with Gasteiger partial charge in [-0.05, 0) is 40.5 Å². The number of likely N-dealkylation sites (tertiary alicyclic amines) is 1. The molecule has 2 heterocycles. The number of hydrogen-bond acceptors (Lipinski definition) is 4. The van der Waals surface area contributed by atoms with Gasteiger partial charge >= 0.3 is 6.09 Å². The van der Waals surface area contributed by atoms with Gasteiger partial charge in [0.15, 0.2) is 0 Å². The molecule has 1 aromatic heterocycles. The van der Waals surface area contributed by atoms with Crippen LogP contribution in [0.5, 0.6) is 0 Å². The first-order valence-corrected chi connectivity index (χ1v) is 9.70. The molecule has 1 fully saturated rings. The van der Waals surface area contributed by atoms with Crippen molar-refractivity contribution < 1.29 is 9.53 Å². The molecule has 0 N–H and O–H groups in total. The Morgan fingerprint density at radius 2 is 1.84 bits per heavy atom. The Hall–Kier alpha value is -1.88. The molecule has 134 valence electrons. The molecule has 0 saturated carbocycles. The Morgan fingerprint density at radius 3 is 2.44 bits per heavy atom. The van der Waals surface area contributed by atoms with Crippen molar-refractivity contribution in [3.05, 3.63) is 40.2 Å². The molecule has 2 aromatic rings. The number of aromatic nitrogens is 1. The van der Waals surface area contributed by atoms with Crippen molar-refractivity contribution in [3.63, 3.8) is 0 Å². The maximum atomic E-state index is 12.2. The Kier molecular flexibility index (Phi) is 5.13. The third-order valence-corrected chi connectivity index (χ3v) is 5.37. The van der Waals surface area contributed by atoms with Crippen molar-refractivity contribution in [2.45, 2.75) is 52.1 Å². The van der Waals surface area contributed by atoms with Gasteiger partial charge in [0.25, 0.3) is 0 Å². The van der Waals surface area contributed by atoms with Crippen LogP contribution in [0.2, 0.25) is 0 Å². The van der Waals surface area contributed by atoms with Gasteiger partial charge < -0.3 is 9.64 Å². The maximum absolute atomic E-state index is 12.2. The van der Waals surface area contributed by atoms with Gasteiger partial charge in [-0.15, -0.1) is 11.3 Å². The van der Waals surface area contributed by atoms with Crippen LogP contribution in [-0.4, -0.2) is 34.7 Å². The predicted molar refractivity (Wildman–Crippen MR) is 102 cm³/mol. The number of carbonyl (C=O) groups excluding carboxylic acids is 1. The topological polar surface area (TPSA) is 42.4 Å². The zero-order valence-electron chi connectivity index (χ0n) is 15.4. The molecule has 0 bridgehead atoms. The van der Waals surface area contributed by atoms with Crippen LogP contribution in [0, 0.1) is 6.92 Å². The van der Waals surface area contributed by atoms with Crippen LogP contribution in [0.25, 0.3) is 11.3 Å². The summed E-state index contributed by atoms with van der Waals surface area (Å²) in [4.78, 5) is 18.8. The van der Waals surface area contributed by atoms with Gasteiger partial charge in [-0.1, -0.05) is 29.8 Å². The number of nitrogens with zero attached hydrogens (tertiary/aromatic N) is 2. The molecule has 1 amide bonds. The molecule has 5 heteroatoms. The number of aryl methyl sites for hydroxylation is 1. The zero-order valence-corrected chi connectivity index (χ0v) is 16.2. The summed E-state index contributed by atoms with van der Waals surface area (Å²) in [6.07, 6.45) is 1.69. The normalized spacial score (nSPS) is 16.1. The number of amides is 1. The molecule has 0 spiro atoms. The highest BCUT2D eigenvalue weighted by Crippen LogP contribution is 2.33. The van der Waals surface area contributed by atoms with Crippen molar-refractivity contribution in [1.82, 2.24) is 9.88 Å². The van der Waals surface area contributed by atoms with Crippen LogP contribution in [0.3, 0.4) is 0 Å². The molecule has 0 aliphatic carbocycles. The lowest BCUT2D eigenvalue weighted by Crippen LogP contribution is -2.41. The molecule has 4 nitrogen and oxygen atoms in total. The van der Waals surface area contributed by atoms with Crippen LogP contribution >= 0.6 is 11.3 Å². The first-order valence-electron chi connectivity index (χ1n) is 8.82. The Labute approximate surface area is 153 Å². The van der Waals surface area contributed by atoms with Gasteiger partial charge in [0.2, 0.25) is 0 Å². The van der Waals surface area contributed by atoms with Gasteiger partial charge in [-0.25, -0.2) is 9.78 Å². The largest absolute Gasteiger partial charge is 0.444 e. The van der Waals surface area contributed by atoms with Crippen molar-refractivity contribution in [2.75, 3.05) is 13.1 Å². The minimum absolute atomic E-state index is 0.203. The van der Waals surface area contributed by atoms with Crippen molar-refractivity contribution in [3.8, 4) is 11.3 Å². The summed E-state index contributed by atoms with van der Waals surface area (Å²) >= 11 is 1.73. The van der Waals surface area contributed by atoms with Crippen LogP contribution in [0.4, 0.5) is 4.79 Å². The number of benzene rings is 1. The summed E-state index contributed by atoms with van der Waals surface area (Å²) < 4.78 is 5.46. The van der Waals surface area contributed by atoms with Crippen LogP contribution in [0.15, 0.2) is 29.6 Å². The van der Waals surface area contributed by atoms with Gasteiger partial charge in [0.05, 0.1) is 10.7 Å². The van der Waals surface area contributed by atoms with Crippen LogP contribution < -0.4 is 0 Å². The van der Waals surface area contributed by atoms with E-state index in [4.69, 9.17) is 9.72 Å². The number of carbonyl (C=O) groups is 1. The van der Waals surface area contributed by atoms with E-state index in [0.29, 0.717) is 5.92 Å². The molecule has 0 atom stereocenters. The first-order chi connectivity index (χ1) is 11.8. The van der Waals surface area contributed by atoms with Crippen molar-refractivity contribution in [1.29, 1.82) is 0 Å². The van der Waals surface area contributed by atoms with Gasteiger partial charge in [-0.2, -0.15) is 0 Å². The smallest absolute Gasteiger partial charge is 0.410 e. The first kappa shape index (κ1) is 17.9. The fourth-order valence-electron chi connectivity index (χ4n) is 2.97. The number of rotatable bonds is 2. The Balaban J connectivity index is 1.60. The SMILES string of the molecule is Cc1ccc(-c2csc(C3CCN(C(=O)OC(C)(C)C)CC3)n2)cc1. The summed E-state index contributed by atoms with van der Waals surface area (Å²) in [5.41, 5.74) is 3.04. The van der Waals surface area contributed by atoms with E-state index in [2.05, 4.69) is 36.6 Å². The van der Waals surface area contributed by atoms with Crippen LogP contribution in [0.1, 0.15) is 50.1 Å². The number of thiazole rings is 1. The van der Waals surface area contributed by atoms with Gasteiger partial charge in [-0.3, -0.25) is 0 Å². The lowest BCUT2D eigenvalue weighted by Gasteiger charge is -2.32. The summed E-state index contributed by atoms with van der Waals surface area (Å²) in [6, 6.07) is 8.49. The fourth-order valence-corrected chi connectivity index (χ4v) is 3.97. The third-order valence-electron chi connectivity index (χ3n) is 4.37. The van der Waals surface area contributed by atoms with E-state index >= 15 is 0 Å². The highest BCUT2D eigenvalue weighted by molar-refractivity contribution is 7.10. The van der Waals surface area contributed by atoms with E-state index in [1.54, 1.807) is 11.3 Å². The summed E-state index contributed by atoms with van der Waals surface area (Å²) in [5, 5.41) is 3.32. The summed E-state index contributed by atoms with van der Waals surface area (Å²) in [6.45, 7) is 9.27. The average Bonchev–Trinajstić information content (AvgIpc) is 3.04. The van der Waals surface area contributed by atoms with E-state index in [0.717, 1.165) is 31.6 Å². The molecule has 0 unspecified atom stereocenters. The van der Waals surface area contributed by atoms with E-state index in [1.807, 2.05) is 25.7 Å². The second-order valence-corrected chi connectivity index (χ2v) is 8.57. The third kappa shape index (κ3) is 4.60. The number of hydrogen-bond donors (Lipinski definition) is 0. The standard InChI is InChI=1S/C20H26N2O2S/c1-14-5-7-15(8-6-14)17-13-25-18(21-17)16-9-11-22(12-10-16)19(23)24-20(2,3)4/h5-8,13,16H,9-12H2,1-4H3. The van der Waals surface area contributed by atoms with Crippen molar-refractivity contribution in [2.24, 2.45) is 0 Å². The van der Waals surface area contributed by atoms with Crippen molar-refractivity contribution >= 4 is 17.4 Å². The molecular weight excluding hydrogens is 332 g/mol. The lowest BCUT2D eigenvalue weighted by molar-refractivity contribution is 0.0205. The average molecular weight is 359 g/mol. The Bertz CT molecular complexity index is 723. The molecule has 1 aromatic carbocycles. The van der Waals surface area contributed by atoms with Crippen LogP contribution in [-0.2, 0) is 4.74 Å². The highest BCUT2D eigenvalue weighted by atomic mass is 32.1. The molecule has 25 heavy (non-hydrogen) atoms. The minimum atomic E-state index is -0.438. The van der Waals surface area contributed by atoms with Gasteiger partial charge in [0.1, 0.15) is 5.60 Å². The predicted octanol–water partition coefficient (Wildman–Crippen LogP) is 5.23. The molecule has 3 rings (SSSR count). The zero-order chi connectivity index (χ0) is 18.0. The van der Waals surface area contributed by atoms with E-state index in [-0.39, 0.29) is 6.09 Å². The quantitative estimate of drug-likeness (QED) is 0.738. The fraction of sp³-hybridized carbons (Fsp3) is 0.500. The Morgan fingerprint density at radius 1 is 1.20 bits per heavy atom. The van der Waals surface area contributed by atoms with E-state index < -0.39 is 5.60 Å².